The molecule has 0 aliphatic heterocycles. The van der Waals surface area contributed by atoms with Crippen LogP contribution >= 0.6 is 0 Å². The molecule has 0 bridgehead atoms. The van der Waals surface area contributed by atoms with E-state index in [0.29, 0.717) is 31.7 Å². The molecule has 0 aliphatic rings. The van der Waals surface area contributed by atoms with Gasteiger partial charge in [-0.2, -0.15) is 0 Å². The van der Waals surface area contributed by atoms with Gasteiger partial charge in [0, 0.05) is 39.0 Å². The van der Waals surface area contributed by atoms with E-state index >= 15 is 0 Å². The smallest absolute Gasteiger partial charge is 0.255 e. The predicted octanol–water partition coefficient (Wildman–Crippen LogP) is 0.307. The Morgan fingerprint density at radius 1 is 1.58 bits per heavy atom. The van der Waals surface area contributed by atoms with Gasteiger partial charge in [0.15, 0.2) is 0 Å². The Balaban J connectivity index is 2.70. The summed E-state index contributed by atoms with van der Waals surface area (Å²) in [5, 5.41) is 11.4. The van der Waals surface area contributed by atoms with Crippen LogP contribution in [0.3, 0.4) is 0 Å². The van der Waals surface area contributed by atoms with Gasteiger partial charge in [0.1, 0.15) is 5.84 Å². The standard InChI is InChI=1S/C12H18N4O3/c1-19-8-7-16(6-4-11(13)15-18)12(17)10-3-2-5-14-9-10/h2-3,5,9,18H,4,6-8H2,1H3,(H2,13,15). The topological polar surface area (TPSA) is 101 Å². The normalized spacial score (nSPS) is 11.3. The van der Waals surface area contributed by atoms with Crippen LogP contribution in [0.15, 0.2) is 29.7 Å². The highest BCUT2D eigenvalue weighted by Crippen LogP contribution is 2.04. The van der Waals surface area contributed by atoms with E-state index in [9.17, 15) is 4.79 Å². The summed E-state index contributed by atoms with van der Waals surface area (Å²) in [4.78, 5) is 17.7. The Labute approximate surface area is 111 Å². The number of nitrogens with zero attached hydrogens (tertiary/aromatic N) is 3. The van der Waals surface area contributed by atoms with Crippen molar-refractivity contribution in [3.63, 3.8) is 0 Å². The second-order valence-corrected chi connectivity index (χ2v) is 3.87. The monoisotopic (exact) mass is 266 g/mol. The minimum Gasteiger partial charge on any atom is -0.409 e. The van der Waals surface area contributed by atoms with Crippen molar-refractivity contribution in [2.75, 3.05) is 26.8 Å². The van der Waals surface area contributed by atoms with Gasteiger partial charge in [0.25, 0.3) is 5.91 Å². The average Bonchev–Trinajstić information content (AvgIpc) is 2.47. The molecule has 19 heavy (non-hydrogen) atoms. The number of amidine groups is 1. The van der Waals surface area contributed by atoms with Crippen LogP contribution in [-0.4, -0.2) is 53.6 Å². The number of hydrogen-bond acceptors (Lipinski definition) is 5. The highest BCUT2D eigenvalue weighted by molar-refractivity contribution is 5.94. The van der Waals surface area contributed by atoms with Crippen molar-refractivity contribution in [2.45, 2.75) is 6.42 Å². The van der Waals surface area contributed by atoms with Crippen LogP contribution in [0, 0.1) is 0 Å². The van der Waals surface area contributed by atoms with Crippen molar-refractivity contribution in [3.05, 3.63) is 30.1 Å². The third-order valence-corrected chi connectivity index (χ3v) is 2.53. The quantitative estimate of drug-likeness (QED) is 0.320. The predicted molar refractivity (Wildman–Crippen MR) is 70.0 cm³/mol. The first-order valence-electron chi connectivity index (χ1n) is 5.83. The first-order chi connectivity index (χ1) is 9.19. The first kappa shape index (κ1) is 14.9. The van der Waals surface area contributed by atoms with Crippen molar-refractivity contribution in [2.24, 2.45) is 10.9 Å². The highest BCUT2D eigenvalue weighted by atomic mass is 16.5. The third-order valence-electron chi connectivity index (χ3n) is 2.53. The van der Waals surface area contributed by atoms with Crippen molar-refractivity contribution in [1.29, 1.82) is 0 Å². The lowest BCUT2D eigenvalue weighted by atomic mass is 10.2. The molecular formula is C12H18N4O3. The lowest BCUT2D eigenvalue weighted by Gasteiger charge is -2.22. The highest BCUT2D eigenvalue weighted by Gasteiger charge is 2.15. The number of hydrogen-bond donors (Lipinski definition) is 2. The van der Waals surface area contributed by atoms with Crippen molar-refractivity contribution in [1.82, 2.24) is 9.88 Å². The van der Waals surface area contributed by atoms with Crippen molar-refractivity contribution in [3.8, 4) is 0 Å². The van der Waals surface area contributed by atoms with Gasteiger partial charge in [-0.3, -0.25) is 9.78 Å². The zero-order chi connectivity index (χ0) is 14.1. The third kappa shape index (κ3) is 4.92. The van der Waals surface area contributed by atoms with Crippen molar-refractivity contribution >= 4 is 11.7 Å². The Kier molecular flexibility index (Phi) is 6.31. The van der Waals surface area contributed by atoms with Crippen LogP contribution in [0.1, 0.15) is 16.8 Å². The van der Waals surface area contributed by atoms with Crippen molar-refractivity contribution < 1.29 is 14.7 Å². The number of carbonyl (C=O) groups is 1. The van der Waals surface area contributed by atoms with Gasteiger partial charge in [0.05, 0.1) is 12.2 Å². The summed E-state index contributed by atoms with van der Waals surface area (Å²) in [6.07, 6.45) is 3.41. The van der Waals surface area contributed by atoms with Crippen LogP contribution in [0.25, 0.3) is 0 Å². The van der Waals surface area contributed by atoms with Crippen LogP contribution in [0.5, 0.6) is 0 Å². The van der Waals surface area contributed by atoms with Crippen LogP contribution in [0.4, 0.5) is 0 Å². The summed E-state index contributed by atoms with van der Waals surface area (Å²) in [6.45, 7) is 1.21. The van der Waals surface area contributed by atoms with Gasteiger partial charge in [-0.05, 0) is 12.1 Å². The van der Waals surface area contributed by atoms with Gasteiger partial charge in [0.2, 0.25) is 0 Å². The number of amides is 1. The SMILES string of the molecule is COCCN(CCC(N)=NO)C(=O)c1cccnc1. The molecule has 7 heteroatoms. The van der Waals surface area contributed by atoms with Gasteiger partial charge in [-0.15, -0.1) is 0 Å². The Bertz CT molecular complexity index is 422. The van der Waals surface area contributed by atoms with E-state index in [0.717, 1.165) is 0 Å². The molecule has 0 fully saturated rings. The van der Waals surface area contributed by atoms with Crippen LogP contribution in [-0.2, 0) is 4.74 Å². The van der Waals surface area contributed by atoms with Gasteiger partial charge < -0.3 is 20.6 Å². The number of aromatic nitrogens is 1. The van der Waals surface area contributed by atoms with E-state index in [1.54, 1.807) is 30.3 Å². The summed E-state index contributed by atoms with van der Waals surface area (Å²) < 4.78 is 4.97. The summed E-state index contributed by atoms with van der Waals surface area (Å²) >= 11 is 0. The maximum atomic E-state index is 12.2. The number of oxime groups is 1. The number of ether oxygens (including phenoxy) is 1. The first-order valence-corrected chi connectivity index (χ1v) is 5.83. The maximum Gasteiger partial charge on any atom is 0.255 e. The van der Waals surface area contributed by atoms with E-state index in [-0.39, 0.29) is 11.7 Å². The second kappa shape index (κ2) is 8.04. The molecule has 0 atom stereocenters. The minimum atomic E-state index is -0.157. The molecule has 0 saturated heterocycles. The fourth-order valence-corrected chi connectivity index (χ4v) is 1.49. The van der Waals surface area contributed by atoms with E-state index in [1.165, 1.54) is 6.20 Å². The fourth-order valence-electron chi connectivity index (χ4n) is 1.49. The number of carbonyl (C=O) groups excluding carboxylic acids is 1. The zero-order valence-electron chi connectivity index (χ0n) is 10.8. The Morgan fingerprint density at radius 2 is 2.37 bits per heavy atom. The molecule has 104 valence electrons. The van der Waals surface area contributed by atoms with Gasteiger partial charge >= 0.3 is 0 Å². The number of rotatable bonds is 7. The van der Waals surface area contributed by atoms with Gasteiger partial charge in [-0.1, -0.05) is 5.16 Å². The Hall–Kier alpha value is -2.15. The number of pyridine rings is 1. The van der Waals surface area contributed by atoms with E-state index < -0.39 is 0 Å². The fraction of sp³-hybridized carbons (Fsp3) is 0.417. The summed E-state index contributed by atoms with van der Waals surface area (Å²) in [7, 11) is 1.57. The molecule has 3 N–H and O–H groups in total. The zero-order valence-corrected chi connectivity index (χ0v) is 10.8. The van der Waals surface area contributed by atoms with E-state index in [2.05, 4.69) is 10.1 Å². The molecule has 1 amide bonds. The molecule has 0 aromatic carbocycles. The molecule has 0 aliphatic carbocycles. The van der Waals surface area contributed by atoms with E-state index in [4.69, 9.17) is 15.7 Å². The lowest BCUT2D eigenvalue weighted by molar-refractivity contribution is 0.0700. The molecule has 0 saturated carbocycles. The Morgan fingerprint density at radius 3 is 2.95 bits per heavy atom. The molecule has 1 rings (SSSR count). The molecule has 1 aromatic heterocycles. The number of methoxy groups -OCH3 is 1. The molecule has 7 nitrogen and oxygen atoms in total. The van der Waals surface area contributed by atoms with Gasteiger partial charge in [-0.25, -0.2) is 0 Å². The second-order valence-electron chi connectivity index (χ2n) is 3.87. The molecule has 0 spiro atoms. The molecular weight excluding hydrogens is 248 g/mol. The largest absolute Gasteiger partial charge is 0.409 e. The molecule has 0 unspecified atom stereocenters. The summed E-state index contributed by atoms with van der Waals surface area (Å²) in [6, 6.07) is 3.39. The maximum absolute atomic E-state index is 12.2. The number of nitrogens with two attached hydrogens (primary N) is 1. The molecule has 1 aromatic rings. The molecule has 1 heterocycles. The summed E-state index contributed by atoms with van der Waals surface area (Å²) in [5.41, 5.74) is 5.91. The minimum absolute atomic E-state index is 0.0846. The average molecular weight is 266 g/mol. The lowest BCUT2D eigenvalue weighted by Crippen LogP contribution is -2.36. The molecule has 0 radical (unpaired) electrons. The van der Waals surface area contributed by atoms with Crippen LogP contribution in [0.2, 0.25) is 0 Å². The van der Waals surface area contributed by atoms with Crippen LogP contribution < -0.4 is 5.73 Å². The van der Waals surface area contributed by atoms with E-state index in [1.807, 2.05) is 0 Å². The summed E-state index contributed by atoms with van der Waals surface area (Å²) in [5.74, 6) is -0.0720.